The van der Waals surface area contributed by atoms with Crippen molar-refractivity contribution in [2.24, 2.45) is 5.92 Å². The topological polar surface area (TPSA) is 47.7 Å². The molecule has 0 aromatic carbocycles. The van der Waals surface area contributed by atoms with Crippen molar-refractivity contribution in [2.75, 3.05) is 6.54 Å². The Morgan fingerprint density at radius 2 is 2.24 bits per heavy atom. The zero-order valence-electron chi connectivity index (χ0n) is 13.0. The van der Waals surface area contributed by atoms with Gasteiger partial charge in [-0.25, -0.2) is 9.67 Å². The van der Waals surface area contributed by atoms with Crippen molar-refractivity contribution in [3.8, 4) is 0 Å². The molecule has 1 N–H and O–H groups in total. The molecule has 0 amide bonds. The first kappa shape index (κ1) is 14.3. The first-order valence-electron chi connectivity index (χ1n) is 8.07. The van der Waals surface area contributed by atoms with E-state index < -0.39 is 0 Å². The Morgan fingerprint density at radius 3 is 2.95 bits per heavy atom. The van der Waals surface area contributed by atoms with Crippen LogP contribution < -0.4 is 5.32 Å². The van der Waals surface area contributed by atoms with E-state index in [1.54, 1.807) is 6.33 Å². The van der Waals surface area contributed by atoms with Gasteiger partial charge in [-0.15, -0.1) is 0 Å². The van der Waals surface area contributed by atoms with Crippen LogP contribution in [0.15, 0.2) is 24.8 Å². The summed E-state index contributed by atoms with van der Waals surface area (Å²) in [7, 11) is 0. The molecule has 0 bridgehead atoms. The first-order chi connectivity index (χ1) is 10.3. The highest BCUT2D eigenvalue weighted by Gasteiger charge is 2.32. The zero-order valence-corrected chi connectivity index (χ0v) is 13.0. The maximum Gasteiger partial charge on any atom is 0.146 e. The van der Waals surface area contributed by atoms with Crippen LogP contribution in [0, 0.1) is 5.92 Å². The van der Waals surface area contributed by atoms with E-state index in [-0.39, 0.29) is 0 Å². The molecule has 2 heterocycles. The van der Waals surface area contributed by atoms with E-state index in [9.17, 15) is 0 Å². The van der Waals surface area contributed by atoms with Crippen molar-refractivity contribution in [1.82, 2.24) is 24.6 Å². The lowest BCUT2D eigenvalue weighted by atomic mass is 10.1. The molecule has 5 heteroatoms. The smallest absolute Gasteiger partial charge is 0.146 e. The standard InChI is InChI=1S/C16H25N5/c1-3-8-17-16(13-5-6-13)14-7-9-20(10-14)11-15-18-12-19-21(15)4-2/h7,9-10,12-13,16-17H,3-6,8,11H2,1-2H3. The normalized spacial score (nSPS) is 16.3. The lowest BCUT2D eigenvalue weighted by Crippen LogP contribution is -2.23. The Bertz CT molecular complexity index is 567. The average molecular weight is 287 g/mol. The van der Waals surface area contributed by atoms with E-state index >= 15 is 0 Å². The molecule has 1 fully saturated rings. The van der Waals surface area contributed by atoms with E-state index in [2.05, 4.69) is 52.3 Å². The van der Waals surface area contributed by atoms with E-state index in [1.165, 1.54) is 24.8 Å². The minimum Gasteiger partial charge on any atom is -0.346 e. The number of aryl methyl sites for hydroxylation is 1. The summed E-state index contributed by atoms with van der Waals surface area (Å²) in [4.78, 5) is 4.35. The molecule has 0 radical (unpaired) electrons. The number of nitrogens with zero attached hydrogens (tertiary/aromatic N) is 4. The Balaban J connectivity index is 1.70. The predicted octanol–water partition coefficient (Wildman–Crippen LogP) is 2.60. The second kappa shape index (κ2) is 6.43. The highest BCUT2D eigenvalue weighted by atomic mass is 15.3. The van der Waals surface area contributed by atoms with Crippen molar-refractivity contribution in [2.45, 2.75) is 52.2 Å². The molecule has 114 valence electrons. The summed E-state index contributed by atoms with van der Waals surface area (Å²) in [5, 5.41) is 7.93. The van der Waals surface area contributed by atoms with E-state index in [1.807, 2.05) is 4.68 Å². The quantitative estimate of drug-likeness (QED) is 0.812. The van der Waals surface area contributed by atoms with Gasteiger partial charge in [0.1, 0.15) is 12.2 Å². The Kier molecular flexibility index (Phi) is 4.39. The van der Waals surface area contributed by atoms with Crippen molar-refractivity contribution >= 4 is 0 Å². The molecule has 1 aliphatic carbocycles. The highest BCUT2D eigenvalue weighted by molar-refractivity contribution is 5.19. The maximum atomic E-state index is 4.35. The molecule has 1 aliphatic rings. The molecule has 0 aliphatic heterocycles. The first-order valence-corrected chi connectivity index (χ1v) is 8.07. The monoisotopic (exact) mass is 287 g/mol. The molecule has 3 rings (SSSR count). The fourth-order valence-electron chi connectivity index (χ4n) is 2.87. The van der Waals surface area contributed by atoms with E-state index in [0.29, 0.717) is 6.04 Å². The van der Waals surface area contributed by atoms with Crippen LogP contribution in [0.25, 0.3) is 0 Å². The van der Waals surface area contributed by atoms with Crippen LogP contribution in [-0.4, -0.2) is 25.9 Å². The van der Waals surface area contributed by atoms with Gasteiger partial charge >= 0.3 is 0 Å². The zero-order chi connectivity index (χ0) is 14.7. The second-order valence-electron chi connectivity index (χ2n) is 5.88. The molecule has 1 atom stereocenters. The second-order valence-corrected chi connectivity index (χ2v) is 5.88. The molecule has 2 aromatic rings. The molecule has 2 aromatic heterocycles. The van der Waals surface area contributed by atoms with Crippen LogP contribution in [0.3, 0.4) is 0 Å². The Morgan fingerprint density at radius 1 is 1.38 bits per heavy atom. The van der Waals surface area contributed by atoms with Crippen molar-refractivity contribution in [3.63, 3.8) is 0 Å². The maximum absolute atomic E-state index is 4.35. The number of aromatic nitrogens is 4. The summed E-state index contributed by atoms with van der Waals surface area (Å²) in [6.07, 6.45) is 9.96. The third-order valence-corrected chi connectivity index (χ3v) is 4.16. The number of hydrogen-bond donors (Lipinski definition) is 1. The number of hydrogen-bond acceptors (Lipinski definition) is 3. The van der Waals surface area contributed by atoms with Crippen LogP contribution in [-0.2, 0) is 13.1 Å². The lowest BCUT2D eigenvalue weighted by molar-refractivity contribution is 0.480. The van der Waals surface area contributed by atoms with Gasteiger partial charge < -0.3 is 9.88 Å². The molecule has 1 saturated carbocycles. The van der Waals surface area contributed by atoms with Crippen LogP contribution in [0.5, 0.6) is 0 Å². The molecule has 0 saturated heterocycles. The van der Waals surface area contributed by atoms with Gasteiger partial charge in [0.15, 0.2) is 0 Å². The Hall–Kier alpha value is -1.62. The predicted molar refractivity (Wildman–Crippen MR) is 83.0 cm³/mol. The Labute approximate surface area is 126 Å². The minimum absolute atomic E-state index is 0.523. The van der Waals surface area contributed by atoms with E-state index in [0.717, 1.165) is 31.4 Å². The lowest BCUT2D eigenvalue weighted by Gasteiger charge is -2.16. The SMILES string of the molecule is CCCNC(c1ccn(Cc2ncnn2CC)c1)C1CC1. The summed E-state index contributed by atoms with van der Waals surface area (Å²) >= 11 is 0. The summed E-state index contributed by atoms with van der Waals surface area (Å²) in [5.41, 5.74) is 1.41. The molecule has 21 heavy (non-hydrogen) atoms. The van der Waals surface area contributed by atoms with Crippen molar-refractivity contribution < 1.29 is 0 Å². The van der Waals surface area contributed by atoms with Crippen molar-refractivity contribution in [1.29, 1.82) is 0 Å². The summed E-state index contributed by atoms with van der Waals surface area (Å²) in [6.45, 7) is 7.07. The third kappa shape index (κ3) is 3.35. The summed E-state index contributed by atoms with van der Waals surface area (Å²) in [6, 6.07) is 2.77. The molecule has 0 spiro atoms. The summed E-state index contributed by atoms with van der Waals surface area (Å²) in [5.74, 6) is 1.84. The van der Waals surface area contributed by atoms with Gasteiger partial charge in [-0.1, -0.05) is 6.92 Å². The fraction of sp³-hybridized carbons (Fsp3) is 0.625. The average Bonchev–Trinajstić information content (AvgIpc) is 3.06. The van der Waals surface area contributed by atoms with Crippen molar-refractivity contribution in [3.05, 3.63) is 36.2 Å². The van der Waals surface area contributed by atoms with Crippen LogP contribution in [0.4, 0.5) is 0 Å². The van der Waals surface area contributed by atoms with Crippen LogP contribution in [0.1, 0.15) is 50.5 Å². The number of nitrogens with one attached hydrogen (secondary N) is 1. The van der Waals surface area contributed by atoms with Gasteiger partial charge in [0.2, 0.25) is 0 Å². The van der Waals surface area contributed by atoms with Gasteiger partial charge in [0.25, 0.3) is 0 Å². The molecule has 5 nitrogen and oxygen atoms in total. The van der Waals surface area contributed by atoms with Gasteiger partial charge in [0.05, 0.1) is 6.54 Å². The van der Waals surface area contributed by atoms with Gasteiger partial charge in [-0.05, 0) is 50.3 Å². The summed E-state index contributed by atoms with van der Waals surface area (Å²) < 4.78 is 4.17. The molecular weight excluding hydrogens is 262 g/mol. The van der Waals surface area contributed by atoms with Crippen LogP contribution >= 0.6 is 0 Å². The van der Waals surface area contributed by atoms with Gasteiger partial charge in [-0.3, -0.25) is 0 Å². The fourth-order valence-corrected chi connectivity index (χ4v) is 2.87. The third-order valence-electron chi connectivity index (χ3n) is 4.16. The molecular formula is C16H25N5. The van der Waals surface area contributed by atoms with Crippen LogP contribution in [0.2, 0.25) is 0 Å². The number of rotatable bonds is 8. The largest absolute Gasteiger partial charge is 0.346 e. The van der Waals surface area contributed by atoms with Gasteiger partial charge in [0, 0.05) is 25.0 Å². The molecule has 1 unspecified atom stereocenters. The minimum atomic E-state index is 0.523. The highest BCUT2D eigenvalue weighted by Crippen LogP contribution is 2.41. The van der Waals surface area contributed by atoms with Gasteiger partial charge in [-0.2, -0.15) is 5.10 Å². The van der Waals surface area contributed by atoms with E-state index in [4.69, 9.17) is 0 Å².